The van der Waals surface area contributed by atoms with E-state index >= 15 is 0 Å². The monoisotopic (exact) mass is 991 g/mol. The van der Waals surface area contributed by atoms with Gasteiger partial charge in [-0.15, -0.1) is 0 Å². The summed E-state index contributed by atoms with van der Waals surface area (Å²) in [6.45, 7) is 6.79. The summed E-state index contributed by atoms with van der Waals surface area (Å²) >= 11 is 0. The van der Waals surface area contributed by atoms with Gasteiger partial charge in [0.25, 0.3) is 7.82 Å². The van der Waals surface area contributed by atoms with Gasteiger partial charge in [0, 0.05) is 12.8 Å². The number of hydrogen-bond donors (Lipinski definition) is 1. The van der Waals surface area contributed by atoms with E-state index in [1.54, 1.807) is 0 Å². The fourth-order valence-corrected chi connectivity index (χ4v) is 8.92. The molecule has 0 aromatic heterocycles. The topological polar surface area (TPSA) is 114 Å². The summed E-state index contributed by atoms with van der Waals surface area (Å²) in [4.78, 5) is 39.8. The highest BCUT2D eigenvalue weighted by Crippen LogP contribution is 2.38. The van der Waals surface area contributed by atoms with Crippen LogP contribution in [0.25, 0.3) is 0 Å². The highest BCUT2D eigenvalue weighted by atomic mass is 31.2. The number of carbonyl (C=O) groups is 2. The minimum atomic E-state index is -4.69. The SMILES string of the molecule is CCCCC/C=C\C/C=C\CCCCCCCCCCCC(=O)OC(/C=C\CCCCCCCCCCC)C(COP(=O)([O-])OCC[N+](C)(C)C)NC(=O)CCCCC/C=C\CCCCCCCC. The van der Waals surface area contributed by atoms with Crippen molar-refractivity contribution >= 4 is 19.7 Å². The number of likely N-dealkylation sites (N-methyl/N-ethyl adjacent to an activating group) is 1. The van der Waals surface area contributed by atoms with Crippen LogP contribution in [0.15, 0.2) is 48.6 Å². The summed E-state index contributed by atoms with van der Waals surface area (Å²) < 4.78 is 30.2. The minimum absolute atomic E-state index is 0.0256. The molecule has 0 radical (unpaired) electrons. The predicted molar refractivity (Wildman–Crippen MR) is 293 cm³/mol. The van der Waals surface area contributed by atoms with Gasteiger partial charge in [-0.1, -0.05) is 211 Å². The van der Waals surface area contributed by atoms with Crippen LogP contribution in [0.5, 0.6) is 0 Å². The molecule has 3 atom stereocenters. The first-order chi connectivity index (χ1) is 33.4. The van der Waals surface area contributed by atoms with Gasteiger partial charge < -0.3 is 28.5 Å². The fraction of sp³-hybridized carbons (Fsp3) is 0.831. The van der Waals surface area contributed by atoms with Gasteiger partial charge in [-0.3, -0.25) is 14.2 Å². The number of hydrogen-bond acceptors (Lipinski definition) is 7. The molecule has 0 heterocycles. The first kappa shape index (κ1) is 67.0. The van der Waals surface area contributed by atoms with Crippen LogP contribution in [0.1, 0.15) is 265 Å². The number of phosphoric ester groups is 1. The van der Waals surface area contributed by atoms with Crippen LogP contribution >= 0.6 is 7.82 Å². The molecule has 3 unspecified atom stereocenters. The predicted octanol–water partition coefficient (Wildman–Crippen LogP) is 16.7. The second-order valence-electron chi connectivity index (χ2n) is 20.8. The zero-order valence-corrected chi connectivity index (χ0v) is 46.9. The van der Waals surface area contributed by atoms with Gasteiger partial charge in [0.1, 0.15) is 19.3 Å². The van der Waals surface area contributed by atoms with E-state index in [1.807, 2.05) is 33.3 Å². The number of amides is 1. The maximum Gasteiger partial charge on any atom is 0.306 e. The molecule has 0 aromatic rings. The summed E-state index contributed by atoms with van der Waals surface area (Å²) in [7, 11) is 1.17. The molecule has 0 aromatic carbocycles. The quantitative estimate of drug-likeness (QED) is 0.0212. The van der Waals surface area contributed by atoms with Crippen molar-refractivity contribution in [1.29, 1.82) is 0 Å². The van der Waals surface area contributed by atoms with Crippen LogP contribution in [0.3, 0.4) is 0 Å². The van der Waals surface area contributed by atoms with Crippen molar-refractivity contribution in [1.82, 2.24) is 5.32 Å². The van der Waals surface area contributed by atoms with Gasteiger partial charge in [-0.2, -0.15) is 0 Å². The van der Waals surface area contributed by atoms with Gasteiger partial charge >= 0.3 is 5.97 Å². The number of carbonyl (C=O) groups excluding carboxylic acids is 2. The Bertz CT molecular complexity index is 1330. The van der Waals surface area contributed by atoms with Crippen LogP contribution in [-0.4, -0.2) is 69.4 Å². The lowest BCUT2D eigenvalue weighted by Gasteiger charge is -2.30. The molecule has 0 aliphatic carbocycles. The standard InChI is InChI=1S/C59H111N2O7P/c1-7-10-13-16-19-22-25-27-28-29-30-31-32-34-37-40-43-46-49-52-59(63)68-57(50-47-44-41-38-35-24-21-18-15-12-9-3)56(55-67-69(64,65)66-54-53-61(4,5)6)60-58(62)51-48-45-42-39-36-33-26-23-20-17-14-11-8-2/h19,22,27-28,33,36,47,50,56-57H,7-18,20-21,23-26,29-32,34-35,37-46,48-49,51-55H2,1-6H3,(H-,60,62,64,65)/b22-19-,28-27-,36-33-,50-47-. The molecule has 0 bridgehead atoms. The van der Waals surface area contributed by atoms with E-state index in [2.05, 4.69) is 62.5 Å². The number of esters is 1. The van der Waals surface area contributed by atoms with Gasteiger partial charge in [-0.25, -0.2) is 0 Å². The number of unbranched alkanes of at least 4 members (excludes halogenated alkanes) is 30. The first-order valence-corrected chi connectivity index (χ1v) is 30.4. The van der Waals surface area contributed by atoms with E-state index < -0.39 is 26.6 Å². The number of rotatable bonds is 52. The van der Waals surface area contributed by atoms with Gasteiger partial charge in [0.2, 0.25) is 5.91 Å². The van der Waals surface area contributed by atoms with E-state index in [1.165, 1.54) is 148 Å². The number of nitrogens with one attached hydrogen (secondary N) is 1. The Morgan fingerprint density at radius 1 is 0.507 bits per heavy atom. The molecule has 0 fully saturated rings. The fourth-order valence-electron chi connectivity index (χ4n) is 8.19. The molecule has 9 nitrogen and oxygen atoms in total. The van der Waals surface area contributed by atoms with Crippen molar-refractivity contribution in [3.05, 3.63) is 48.6 Å². The third-order valence-electron chi connectivity index (χ3n) is 12.7. The molecule has 404 valence electrons. The van der Waals surface area contributed by atoms with E-state index in [-0.39, 0.29) is 24.9 Å². The summed E-state index contributed by atoms with van der Waals surface area (Å²) in [5.74, 6) is -0.561. The molecular weight excluding hydrogens is 880 g/mol. The summed E-state index contributed by atoms with van der Waals surface area (Å²) in [5, 5.41) is 3.01. The Hall–Kier alpha value is -2.03. The van der Waals surface area contributed by atoms with Crippen molar-refractivity contribution in [2.75, 3.05) is 40.9 Å². The van der Waals surface area contributed by atoms with Crippen LogP contribution < -0.4 is 10.2 Å². The smallest absolute Gasteiger partial charge is 0.306 e. The number of nitrogens with zero attached hydrogens (tertiary/aromatic N) is 1. The van der Waals surface area contributed by atoms with Crippen molar-refractivity contribution in [3.8, 4) is 0 Å². The van der Waals surface area contributed by atoms with E-state index in [0.717, 1.165) is 77.0 Å². The lowest BCUT2D eigenvalue weighted by atomic mass is 10.1. The molecule has 0 aliphatic heterocycles. The Kier molecular flexibility index (Phi) is 48.1. The summed E-state index contributed by atoms with van der Waals surface area (Å²) in [6, 6.07) is -0.895. The molecule has 0 saturated carbocycles. The van der Waals surface area contributed by atoms with Crippen LogP contribution in [0.2, 0.25) is 0 Å². The van der Waals surface area contributed by atoms with E-state index in [9.17, 15) is 19.0 Å². The van der Waals surface area contributed by atoms with Crippen molar-refractivity contribution in [2.24, 2.45) is 0 Å². The number of phosphoric acid groups is 1. The van der Waals surface area contributed by atoms with Gasteiger partial charge in [0.05, 0.1) is 33.8 Å². The molecule has 69 heavy (non-hydrogen) atoms. The maximum absolute atomic E-state index is 13.4. The Labute approximate surface area is 427 Å². The molecule has 0 rings (SSSR count). The first-order valence-electron chi connectivity index (χ1n) is 28.9. The zero-order chi connectivity index (χ0) is 50.8. The molecule has 1 N–H and O–H groups in total. The number of ether oxygens (including phenoxy) is 1. The Morgan fingerprint density at radius 3 is 1.36 bits per heavy atom. The molecule has 0 aliphatic rings. The Morgan fingerprint density at radius 2 is 0.884 bits per heavy atom. The molecule has 10 heteroatoms. The summed E-state index contributed by atoms with van der Waals surface area (Å²) in [6.07, 6.45) is 59.3. The number of quaternary nitrogens is 1. The second-order valence-corrected chi connectivity index (χ2v) is 22.2. The number of allylic oxidation sites excluding steroid dienone is 7. The lowest BCUT2D eigenvalue weighted by Crippen LogP contribution is -2.47. The normalized spacial score (nSPS) is 14.1. The van der Waals surface area contributed by atoms with E-state index in [4.69, 9.17) is 13.8 Å². The minimum Gasteiger partial charge on any atom is -0.756 e. The maximum atomic E-state index is 13.4. The highest BCUT2D eigenvalue weighted by Gasteiger charge is 2.27. The molecule has 0 saturated heterocycles. The molecule has 0 spiro atoms. The third kappa shape index (κ3) is 50.7. The average Bonchev–Trinajstić information content (AvgIpc) is 3.31. The highest BCUT2D eigenvalue weighted by molar-refractivity contribution is 7.45. The molecule has 1 amide bonds. The summed E-state index contributed by atoms with van der Waals surface area (Å²) in [5.41, 5.74) is 0. The van der Waals surface area contributed by atoms with Crippen LogP contribution in [0.4, 0.5) is 0 Å². The Balaban J connectivity index is 5.29. The van der Waals surface area contributed by atoms with Crippen LogP contribution in [0, 0.1) is 0 Å². The van der Waals surface area contributed by atoms with Crippen molar-refractivity contribution in [3.63, 3.8) is 0 Å². The molecular formula is C59H111N2O7P. The van der Waals surface area contributed by atoms with Crippen LogP contribution in [-0.2, 0) is 27.9 Å². The third-order valence-corrected chi connectivity index (χ3v) is 13.7. The largest absolute Gasteiger partial charge is 0.756 e. The second kappa shape index (κ2) is 49.5. The van der Waals surface area contributed by atoms with Gasteiger partial charge in [0.15, 0.2) is 0 Å². The van der Waals surface area contributed by atoms with E-state index in [0.29, 0.717) is 23.9 Å². The lowest BCUT2D eigenvalue weighted by molar-refractivity contribution is -0.870. The van der Waals surface area contributed by atoms with Crippen molar-refractivity contribution in [2.45, 2.75) is 277 Å². The van der Waals surface area contributed by atoms with Crippen molar-refractivity contribution < 1.29 is 37.3 Å². The average molecular weight is 992 g/mol. The zero-order valence-electron chi connectivity index (χ0n) is 46.0. The van der Waals surface area contributed by atoms with Gasteiger partial charge in [-0.05, 0) is 89.5 Å².